The number of para-hydroxylation sites is 1. The number of carbonyl (C=O) groups excluding carboxylic acids is 1. The molecule has 10 heteroatoms. The van der Waals surface area contributed by atoms with E-state index in [-0.39, 0.29) is 35.2 Å². The molecule has 35 heavy (non-hydrogen) atoms. The minimum Gasteiger partial charge on any atom is -0.398 e. The summed E-state index contributed by atoms with van der Waals surface area (Å²) in [6.45, 7) is -3.00. The maximum absolute atomic E-state index is 12.9. The van der Waals surface area contributed by atoms with Gasteiger partial charge in [0.15, 0.2) is 0 Å². The molecule has 2 aromatic carbocycles. The standard InChI is InChI=1S/C25H21F2N7O/c26-25(27)34-12-4-5-17(13-32-34)19-14-31-23(30)20(22(19)29)21(28)15-8-10-16(11-9-15)24(35)33-18-6-2-1-3-7-18/h1-3,6-11,13-14,17,25,28H,12H2,(H,33,35)(H4,29,30,31). The monoisotopic (exact) mass is 473 g/mol. The normalized spacial score (nSPS) is 14.7. The van der Waals surface area contributed by atoms with E-state index in [0.29, 0.717) is 27.4 Å². The number of aromatic nitrogens is 1. The highest BCUT2D eigenvalue weighted by molar-refractivity contribution is 6.17. The topological polar surface area (TPSA) is 133 Å². The van der Waals surface area contributed by atoms with Crippen LogP contribution in [0.1, 0.15) is 33.0 Å². The minimum atomic E-state index is -2.78. The minimum absolute atomic E-state index is 0.00269. The van der Waals surface area contributed by atoms with Crippen LogP contribution in [0.25, 0.3) is 0 Å². The Balaban J connectivity index is 1.58. The summed E-state index contributed by atoms with van der Waals surface area (Å²) in [6.07, 6.45) is 2.67. The summed E-state index contributed by atoms with van der Waals surface area (Å²) in [7, 11) is 0. The SMILES string of the molecule is N=C(c1ccc(C(=O)Nc2ccccc2)cc1)c1c(N)ncc(C2C#CCN(C(F)F)N=C2)c1N. The van der Waals surface area contributed by atoms with Crippen molar-refractivity contribution in [2.75, 3.05) is 23.3 Å². The molecule has 176 valence electrons. The van der Waals surface area contributed by atoms with Gasteiger partial charge in [-0.2, -0.15) is 13.9 Å². The lowest BCUT2D eigenvalue weighted by Crippen LogP contribution is -2.23. The number of nitrogens with two attached hydrogens (primary N) is 2. The van der Waals surface area contributed by atoms with Crippen LogP contribution in [0.5, 0.6) is 0 Å². The molecule has 6 N–H and O–H groups in total. The Bertz CT molecular complexity index is 1350. The Hall–Kier alpha value is -4.78. The van der Waals surface area contributed by atoms with Gasteiger partial charge in [-0.25, -0.2) is 9.99 Å². The van der Waals surface area contributed by atoms with Crippen LogP contribution in [-0.4, -0.2) is 40.9 Å². The van der Waals surface area contributed by atoms with Crippen LogP contribution in [0.2, 0.25) is 0 Å². The van der Waals surface area contributed by atoms with E-state index >= 15 is 0 Å². The van der Waals surface area contributed by atoms with E-state index in [0.717, 1.165) is 0 Å². The summed E-state index contributed by atoms with van der Waals surface area (Å²) < 4.78 is 25.9. The third kappa shape index (κ3) is 5.09. The first-order valence-corrected chi connectivity index (χ1v) is 10.5. The second-order valence-corrected chi connectivity index (χ2v) is 7.60. The number of nitrogen functional groups attached to an aromatic ring is 2. The molecule has 0 aliphatic carbocycles. The number of hydrogen-bond donors (Lipinski definition) is 4. The van der Waals surface area contributed by atoms with Crippen molar-refractivity contribution in [1.29, 1.82) is 5.41 Å². The second kappa shape index (κ2) is 10.0. The van der Waals surface area contributed by atoms with Gasteiger partial charge in [0.2, 0.25) is 0 Å². The van der Waals surface area contributed by atoms with Crippen molar-refractivity contribution in [3.05, 3.63) is 83.0 Å². The van der Waals surface area contributed by atoms with Crippen LogP contribution in [0.15, 0.2) is 65.9 Å². The van der Waals surface area contributed by atoms with E-state index < -0.39 is 12.5 Å². The molecule has 1 aromatic heterocycles. The lowest BCUT2D eigenvalue weighted by molar-refractivity contribution is -0.0160. The van der Waals surface area contributed by atoms with Crippen molar-refractivity contribution in [3.63, 3.8) is 0 Å². The molecular formula is C25H21F2N7O. The van der Waals surface area contributed by atoms with Gasteiger partial charge in [0.25, 0.3) is 5.91 Å². The number of amides is 1. The molecule has 0 saturated carbocycles. The molecule has 0 saturated heterocycles. The summed E-state index contributed by atoms with van der Waals surface area (Å²) in [4.78, 5) is 16.6. The van der Waals surface area contributed by atoms with Crippen molar-refractivity contribution in [2.24, 2.45) is 5.10 Å². The Morgan fingerprint density at radius 1 is 1.11 bits per heavy atom. The number of alkyl halides is 2. The summed E-state index contributed by atoms with van der Waals surface area (Å²) in [6, 6.07) is 15.5. The number of benzene rings is 2. The molecule has 8 nitrogen and oxygen atoms in total. The quantitative estimate of drug-likeness (QED) is 0.247. The first-order chi connectivity index (χ1) is 16.8. The van der Waals surface area contributed by atoms with Gasteiger partial charge in [-0.05, 0) is 24.3 Å². The molecule has 3 aromatic rings. The van der Waals surface area contributed by atoms with Crippen LogP contribution in [-0.2, 0) is 0 Å². The lowest BCUT2D eigenvalue weighted by atomic mass is 9.94. The van der Waals surface area contributed by atoms with E-state index in [1.807, 2.05) is 18.2 Å². The maximum atomic E-state index is 12.9. The Kier molecular flexibility index (Phi) is 6.69. The van der Waals surface area contributed by atoms with Gasteiger partial charge in [-0.15, -0.1) is 0 Å². The number of nitrogens with zero attached hydrogens (tertiary/aromatic N) is 3. The van der Waals surface area contributed by atoms with E-state index in [9.17, 15) is 13.6 Å². The average molecular weight is 473 g/mol. The molecule has 0 bridgehead atoms. The predicted molar refractivity (Wildman–Crippen MR) is 132 cm³/mol. The summed E-state index contributed by atoms with van der Waals surface area (Å²) >= 11 is 0. The van der Waals surface area contributed by atoms with Crippen LogP contribution in [0.4, 0.5) is 26.0 Å². The molecule has 2 heterocycles. The zero-order chi connectivity index (χ0) is 24.9. The Labute approximate surface area is 200 Å². The van der Waals surface area contributed by atoms with Crippen molar-refractivity contribution in [1.82, 2.24) is 9.99 Å². The largest absolute Gasteiger partial charge is 0.398 e. The molecule has 0 radical (unpaired) electrons. The van der Waals surface area contributed by atoms with Gasteiger partial charge >= 0.3 is 6.55 Å². The fraction of sp³-hybridized carbons (Fsp3) is 0.120. The van der Waals surface area contributed by atoms with Crippen LogP contribution >= 0.6 is 0 Å². The van der Waals surface area contributed by atoms with Crippen molar-refractivity contribution in [2.45, 2.75) is 12.5 Å². The highest BCUT2D eigenvalue weighted by Gasteiger charge is 2.22. The molecule has 0 fully saturated rings. The number of carbonyl (C=O) groups is 1. The van der Waals surface area contributed by atoms with Gasteiger partial charge in [-0.3, -0.25) is 10.2 Å². The third-order valence-electron chi connectivity index (χ3n) is 5.32. The number of pyridine rings is 1. The Morgan fingerprint density at radius 2 is 1.80 bits per heavy atom. The van der Waals surface area contributed by atoms with E-state index in [2.05, 4.69) is 27.2 Å². The Morgan fingerprint density at radius 3 is 2.49 bits per heavy atom. The van der Waals surface area contributed by atoms with Crippen molar-refractivity contribution < 1.29 is 13.6 Å². The first-order valence-electron chi connectivity index (χ1n) is 10.5. The molecule has 1 aliphatic heterocycles. The smallest absolute Gasteiger partial charge is 0.330 e. The lowest BCUT2D eigenvalue weighted by Gasteiger charge is -2.16. The number of rotatable bonds is 6. The van der Waals surface area contributed by atoms with Gasteiger partial charge in [-0.1, -0.05) is 42.2 Å². The molecule has 0 spiro atoms. The average Bonchev–Trinajstić information content (AvgIpc) is 3.11. The van der Waals surface area contributed by atoms with Gasteiger partial charge in [0.1, 0.15) is 12.4 Å². The van der Waals surface area contributed by atoms with E-state index in [1.165, 1.54) is 12.4 Å². The zero-order valence-electron chi connectivity index (χ0n) is 18.4. The fourth-order valence-corrected chi connectivity index (χ4v) is 3.47. The van der Waals surface area contributed by atoms with Crippen LogP contribution < -0.4 is 16.8 Å². The summed E-state index contributed by atoms with van der Waals surface area (Å²) in [5.41, 5.74) is 14.7. The van der Waals surface area contributed by atoms with Crippen molar-refractivity contribution >= 4 is 35.0 Å². The number of hydrogen-bond acceptors (Lipinski definition) is 7. The number of anilines is 3. The molecule has 4 rings (SSSR count). The highest BCUT2D eigenvalue weighted by Crippen LogP contribution is 2.30. The zero-order valence-corrected chi connectivity index (χ0v) is 18.4. The fourth-order valence-electron chi connectivity index (χ4n) is 3.47. The molecule has 1 unspecified atom stereocenters. The summed E-state index contributed by atoms with van der Waals surface area (Å²) in [5.74, 6) is 4.54. The van der Waals surface area contributed by atoms with Crippen LogP contribution in [0, 0.1) is 17.3 Å². The van der Waals surface area contributed by atoms with Gasteiger partial charge in [0, 0.05) is 34.8 Å². The molecule has 1 atom stereocenters. The summed E-state index contributed by atoms with van der Waals surface area (Å²) in [5, 5.41) is 15.8. The van der Waals surface area contributed by atoms with E-state index in [1.54, 1.807) is 36.4 Å². The van der Waals surface area contributed by atoms with Crippen molar-refractivity contribution in [3.8, 4) is 11.8 Å². The van der Waals surface area contributed by atoms with Gasteiger partial charge in [0.05, 0.1) is 22.9 Å². The molecule has 1 amide bonds. The maximum Gasteiger partial charge on any atom is 0.330 e. The third-order valence-corrected chi connectivity index (χ3v) is 5.32. The van der Waals surface area contributed by atoms with Crippen LogP contribution in [0.3, 0.4) is 0 Å². The number of hydrazone groups is 1. The highest BCUT2D eigenvalue weighted by atomic mass is 19.3. The first kappa shape index (κ1) is 23.4. The second-order valence-electron chi connectivity index (χ2n) is 7.60. The van der Waals surface area contributed by atoms with E-state index in [4.69, 9.17) is 16.9 Å². The number of halogens is 2. The molecular weight excluding hydrogens is 452 g/mol. The number of nitrogens with one attached hydrogen (secondary N) is 2. The van der Waals surface area contributed by atoms with Gasteiger partial charge < -0.3 is 16.8 Å². The molecule has 1 aliphatic rings. The predicted octanol–water partition coefficient (Wildman–Crippen LogP) is 3.53.